The van der Waals surface area contributed by atoms with Crippen molar-refractivity contribution in [3.63, 3.8) is 0 Å². The molecule has 0 bridgehead atoms. The summed E-state index contributed by atoms with van der Waals surface area (Å²) >= 11 is 11.7. The maximum absolute atomic E-state index is 12.7. The van der Waals surface area contributed by atoms with E-state index in [1.165, 1.54) is 0 Å². The van der Waals surface area contributed by atoms with E-state index in [4.69, 9.17) is 23.2 Å². The average molecular weight is 397 g/mol. The number of alkyl halides is 3. The van der Waals surface area contributed by atoms with E-state index >= 15 is 0 Å². The lowest BCUT2D eigenvalue weighted by Gasteiger charge is -2.18. The second kappa shape index (κ2) is 7.09. The van der Waals surface area contributed by atoms with Gasteiger partial charge in [0.05, 0.1) is 16.1 Å². The molecule has 6 nitrogen and oxygen atoms in total. The van der Waals surface area contributed by atoms with Crippen molar-refractivity contribution in [2.45, 2.75) is 32.1 Å². The standard InChI is InChI=1S/C14H13Cl2F3N4O2/c1-6(8-3-4-9(15)10(16)5-8)20-11-21-12(24)23(13(25)22-11)7(2)14(17,18)19/h3-7H,1-2H3,(H2,20,21,22,24,25)/t6-,7-/m0/s1. The second-order valence-electron chi connectivity index (χ2n) is 5.30. The zero-order valence-corrected chi connectivity index (χ0v) is 14.5. The smallest absolute Gasteiger partial charge is 0.349 e. The zero-order valence-electron chi connectivity index (χ0n) is 13.0. The number of nitrogens with zero attached hydrogens (tertiary/aromatic N) is 2. The normalized spacial score (nSPS) is 14.2. The van der Waals surface area contributed by atoms with Crippen LogP contribution in [0.15, 0.2) is 27.8 Å². The van der Waals surface area contributed by atoms with E-state index in [0.29, 0.717) is 22.5 Å². The van der Waals surface area contributed by atoms with Crippen molar-refractivity contribution >= 4 is 29.2 Å². The Morgan fingerprint density at radius 3 is 2.36 bits per heavy atom. The minimum Gasteiger partial charge on any atom is -0.349 e. The Morgan fingerprint density at radius 1 is 1.20 bits per heavy atom. The minimum absolute atomic E-state index is 0.00893. The highest BCUT2D eigenvalue weighted by atomic mass is 35.5. The van der Waals surface area contributed by atoms with Gasteiger partial charge < -0.3 is 5.32 Å². The van der Waals surface area contributed by atoms with E-state index in [1.54, 1.807) is 25.1 Å². The van der Waals surface area contributed by atoms with Crippen LogP contribution < -0.4 is 16.7 Å². The van der Waals surface area contributed by atoms with Crippen LogP contribution in [-0.2, 0) is 0 Å². The van der Waals surface area contributed by atoms with Crippen LogP contribution >= 0.6 is 23.2 Å². The molecule has 0 aliphatic rings. The fourth-order valence-electron chi connectivity index (χ4n) is 2.05. The maximum atomic E-state index is 12.7. The fourth-order valence-corrected chi connectivity index (χ4v) is 2.36. The molecule has 136 valence electrons. The van der Waals surface area contributed by atoms with Crippen molar-refractivity contribution in [2.24, 2.45) is 0 Å². The average Bonchev–Trinajstić information content (AvgIpc) is 2.48. The predicted octanol–water partition coefficient (Wildman–Crippen LogP) is 3.53. The van der Waals surface area contributed by atoms with Gasteiger partial charge in [0.1, 0.15) is 6.04 Å². The number of aromatic nitrogens is 3. The van der Waals surface area contributed by atoms with E-state index in [1.807, 2.05) is 0 Å². The number of rotatable bonds is 4. The topological polar surface area (TPSA) is 79.8 Å². The molecular weight excluding hydrogens is 384 g/mol. The summed E-state index contributed by atoms with van der Waals surface area (Å²) in [5, 5.41) is 3.39. The molecule has 0 unspecified atom stereocenters. The molecule has 0 saturated heterocycles. The maximum Gasteiger partial charge on any atom is 0.409 e. The lowest BCUT2D eigenvalue weighted by molar-refractivity contribution is -0.164. The van der Waals surface area contributed by atoms with Crippen LogP contribution in [-0.4, -0.2) is 20.7 Å². The summed E-state index contributed by atoms with van der Waals surface area (Å²) in [6, 6.07) is 2.06. The molecule has 2 atom stereocenters. The molecule has 0 amide bonds. The molecule has 1 aromatic carbocycles. The number of nitrogens with one attached hydrogen (secondary N) is 2. The van der Waals surface area contributed by atoms with E-state index in [0.717, 1.165) is 0 Å². The van der Waals surface area contributed by atoms with Gasteiger partial charge in [0.25, 0.3) is 0 Å². The molecule has 2 aromatic rings. The first-order valence-electron chi connectivity index (χ1n) is 7.01. The van der Waals surface area contributed by atoms with E-state index < -0.39 is 29.6 Å². The largest absolute Gasteiger partial charge is 0.409 e. The van der Waals surface area contributed by atoms with Gasteiger partial charge in [-0.15, -0.1) is 0 Å². The fraction of sp³-hybridized carbons (Fsp3) is 0.357. The number of halogens is 5. The Bertz CT molecular complexity index is 864. The molecule has 2 rings (SSSR count). The van der Waals surface area contributed by atoms with Gasteiger partial charge in [0.15, 0.2) is 0 Å². The van der Waals surface area contributed by atoms with Gasteiger partial charge in [-0.25, -0.2) is 14.2 Å². The van der Waals surface area contributed by atoms with Crippen LogP contribution in [0.3, 0.4) is 0 Å². The van der Waals surface area contributed by atoms with Crippen molar-refractivity contribution in [1.82, 2.24) is 14.5 Å². The first-order chi connectivity index (χ1) is 11.5. The van der Waals surface area contributed by atoms with Crippen LogP contribution in [0.5, 0.6) is 0 Å². The monoisotopic (exact) mass is 396 g/mol. The van der Waals surface area contributed by atoms with Gasteiger partial charge in [-0.05, 0) is 31.5 Å². The number of hydrogen-bond donors (Lipinski definition) is 2. The SMILES string of the molecule is C[C@H](Nc1nc(=O)n([C@@H](C)C(F)(F)F)c(=O)[nH]1)c1ccc(Cl)c(Cl)c1. The first kappa shape index (κ1) is 19.3. The third-order valence-corrected chi connectivity index (χ3v) is 4.25. The lowest BCUT2D eigenvalue weighted by Crippen LogP contribution is -2.44. The van der Waals surface area contributed by atoms with Gasteiger partial charge in [-0.2, -0.15) is 18.2 Å². The van der Waals surface area contributed by atoms with Crippen molar-refractivity contribution in [3.05, 3.63) is 54.8 Å². The van der Waals surface area contributed by atoms with E-state index in [-0.39, 0.29) is 10.5 Å². The number of aromatic amines is 1. The first-order valence-corrected chi connectivity index (χ1v) is 7.77. The van der Waals surface area contributed by atoms with Crippen molar-refractivity contribution in [1.29, 1.82) is 0 Å². The van der Waals surface area contributed by atoms with Crippen LogP contribution in [0.25, 0.3) is 0 Å². The molecule has 0 radical (unpaired) electrons. The van der Waals surface area contributed by atoms with Gasteiger partial charge in [-0.1, -0.05) is 29.3 Å². The summed E-state index contributed by atoms with van der Waals surface area (Å²) < 4.78 is 38.2. The molecule has 25 heavy (non-hydrogen) atoms. The quantitative estimate of drug-likeness (QED) is 0.828. The lowest BCUT2D eigenvalue weighted by atomic mass is 10.1. The summed E-state index contributed by atoms with van der Waals surface area (Å²) in [6.45, 7) is 2.38. The van der Waals surface area contributed by atoms with Gasteiger partial charge in [-0.3, -0.25) is 4.98 Å². The second-order valence-corrected chi connectivity index (χ2v) is 6.11. The van der Waals surface area contributed by atoms with Crippen molar-refractivity contribution in [2.75, 3.05) is 5.32 Å². The van der Waals surface area contributed by atoms with Crippen LogP contribution in [0.4, 0.5) is 19.1 Å². The van der Waals surface area contributed by atoms with Crippen LogP contribution in [0.1, 0.15) is 31.5 Å². The number of anilines is 1. The minimum atomic E-state index is -4.75. The summed E-state index contributed by atoms with van der Waals surface area (Å²) in [4.78, 5) is 29.3. The summed E-state index contributed by atoms with van der Waals surface area (Å²) in [6.07, 6.45) is -4.75. The van der Waals surface area contributed by atoms with Crippen molar-refractivity contribution < 1.29 is 13.2 Å². The Hall–Kier alpha value is -2.00. The molecule has 11 heteroatoms. The summed E-state index contributed by atoms with van der Waals surface area (Å²) in [5.74, 6) is -0.251. The molecular formula is C14H13Cl2F3N4O2. The highest BCUT2D eigenvalue weighted by Crippen LogP contribution is 2.28. The Kier molecular flexibility index (Phi) is 5.48. The van der Waals surface area contributed by atoms with E-state index in [9.17, 15) is 22.8 Å². The third-order valence-electron chi connectivity index (χ3n) is 3.52. The zero-order chi connectivity index (χ0) is 18.9. The molecule has 1 heterocycles. The Morgan fingerprint density at radius 2 is 1.84 bits per heavy atom. The molecule has 0 saturated carbocycles. The highest BCUT2D eigenvalue weighted by Gasteiger charge is 2.39. The molecule has 0 fully saturated rings. The number of hydrogen-bond acceptors (Lipinski definition) is 4. The number of H-pyrrole nitrogens is 1. The van der Waals surface area contributed by atoms with Crippen LogP contribution in [0.2, 0.25) is 10.0 Å². The van der Waals surface area contributed by atoms with Gasteiger partial charge in [0, 0.05) is 0 Å². The van der Waals surface area contributed by atoms with Crippen LogP contribution in [0, 0.1) is 0 Å². The highest BCUT2D eigenvalue weighted by molar-refractivity contribution is 6.42. The Labute approximate surface area is 149 Å². The Balaban J connectivity index is 2.31. The molecule has 0 aliphatic carbocycles. The van der Waals surface area contributed by atoms with Gasteiger partial charge in [0.2, 0.25) is 5.95 Å². The predicted molar refractivity (Wildman–Crippen MR) is 88.4 cm³/mol. The van der Waals surface area contributed by atoms with Crippen molar-refractivity contribution in [3.8, 4) is 0 Å². The molecule has 2 N–H and O–H groups in total. The summed E-state index contributed by atoms with van der Waals surface area (Å²) in [5.41, 5.74) is -1.85. The van der Waals surface area contributed by atoms with Gasteiger partial charge >= 0.3 is 17.6 Å². The number of benzene rings is 1. The third kappa shape index (κ3) is 4.35. The molecule has 0 aliphatic heterocycles. The molecule has 0 spiro atoms. The molecule has 1 aromatic heterocycles. The van der Waals surface area contributed by atoms with E-state index in [2.05, 4.69) is 15.3 Å². The summed E-state index contributed by atoms with van der Waals surface area (Å²) in [7, 11) is 0.